The Morgan fingerprint density at radius 3 is 2.27 bits per heavy atom. The van der Waals surface area contributed by atoms with Crippen molar-refractivity contribution < 1.29 is 18.0 Å². The summed E-state index contributed by atoms with van der Waals surface area (Å²) < 4.78 is 28.7. The fourth-order valence-electron chi connectivity index (χ4n) is 3.95. The molecule has 0 saturated heterocycles. The summed E-state index contributed by atoms with van der Waals surface area (Å²) in [5, 5.41) is 3.81. The van der Waals surface area contributed by atoms with Gasteiger partial charge in [-0.15, -0.1) is 0 Å². The summed E-state index contributed by atoms with van der Waals surface area (Å²) in [6.45, 7) is 5.37. The average molecular weight is 625 g/mol. The van der Waals surface area contributed by atoms with Crippen LogP contribution in [0.1, 0.15) is 37.8 Å². The van der Waals surface area contributed by atoms with Crippen LogP contribution in [0.25, 0.3) is 0 Å². The highest BCUT2D eigenvalue weighted by Gasteiger charge is 2.32. The molecular weight excluding hydrogens is 593 g/mol. The Bertz CT molecular complexity index is 1450. The lowest BCUT2D eigenvalue weighted by molar-refractivity contribution is -0.139. The second kappa shape index (κ2) is 14.2. The molecule has 0 aliphatic carbocycles. The van der Waals surface area contributed by atoms with Crippen LogP contribution in [0.2, 0.25) is 15.1 Å². The third-order valence-electron chi connectivity index (χ3n) is 6.32. The van der Waals surface area contributed by atoms with Crippen molar-refractivity contribution in [3.05, 3.63) is 92.9 Å². The van der Waals surface area contributed by atoms with Crippen molar-refractivity contribution in [2.24, 2.45) is 0 Å². The zero-order valence-corrected chi connectivity index (χ0v) is 25.6. The van der Waals surface area contributed by atoms with Crippen molar-refractivity contribution in [2.45, 2.75) is 51.1 Å². The highest BCUT2D eigenvalue weighted by Crippen LogP contribution is 2.28. The normalized spacial score (nSPS) is 12.1. The largest absolute Gasteiger partial charge is 0.354 e. The van der Waals surface area contributed by atoms with Crippen molar-refractivity contribution in [2.75, 3.05) is 17.4 Å². The topological polar surface area (TPSA) is 86.8 Å². The number of unbranched alkanes of at least 4 members (excludes halogenated alkanes) is 1. The predicted octanol–water partition coefficient (Wildman–Crippen LogP) is 6.48. The van der Waals surface area contributed by atoms with Crippen LogP contribution in [-0.4, -0.2) is 44.3 Å². The van der Waals surface area contributed by atoms with E-state index in [1.54, 1.807) is 55.5 Å². The van der Waals surface area contributed by atoms with Gasteiger partial charge < -0.3 is 10.2 Å². The third kappa shape index (κ3) is 8.13. The molecule has 0 aromatic heterocycles. The summed E-state index contributed by atoms with van der Waals surface area (Å²) in [5.41, 5.74) is 1.74. The number of carbonyl (C=O) groups is 2. The molecule has 214 valence electrons. The number of hydrogen-bond acceptors (Lipinski definition) is 4. The van der Waals surface area contributed by atoms with Gasteiger partial charge in [0, 0.05) is 18.1 Å². The first-order chi connectivity index (χ1) is 18.9. The minimum Gasteiger partial charge on any atom is -0.354 e. The van der Waals surface area contributed by atoms with E-state index in [1.807, 2.05) is 13.8 Å². The molecule has 11 heteroatoms. The number of halogens is 3. The Balaban J connectivity index is 2.01. The molecule has 0 bridgehead atoms. The lowest BCUT2D eigenvalue weighted by Crippen LogP contribution is -2.51. The molecule has 7 nitrogen and oxygen atoms in total. The number of nitrogens with zero attached hydrogens (tertiary/aromatic N) is 2. The number of hydrogen-bond donors (Lipinski definition) is 1. The van der Waals surface area contributed by atoms with Gasteiger partial charge in [0.05, 0.1) is 20.6 Å². The second-order valence-electron chi connectivity index (χ2n) is 9.40. The maximum Gasteiger partial charge on any atom is 0.264 e. The van der Waals surface area contributed by atoms with Crippen LogP contribution in [-0.2, 0) is 26.2 Å². The highest BCUT2D eigenvalue weighted by atomic mass is 35.5. The maximum atomic E-state index is 13.9. The first kappa shape index (κ1) is 31.7. The van der Waals surface area contributed by atoms with E-state index in [-0.39, 0.29) is 23.0 Å². The molecule has 1 atom stereocenters. The predicted molar refractivity (Wildman–Crippen MR) is 162 cm³/mol. The molecule has 0 aliphatic heterocycles. The van der Waals surface area contributed by atoms with Crippen LogP contribution in [0.4, 0.5) is 5.69 Å². The van der Waals surface area contributed by atoms with Crippen LogP contribution in [0, 0.1) is 6.92 Å². The smallest absolute Gasteiger partial charge is 0.264 e. The van der Waals surface area contributed by atoms with Gasteiger partial charge in [0.25, 0.3) is 10.0 Å². The van der Waals surface area contributed by atoms with Crippen molar-refractivity contribution in [3.63, 3.8) is 0 Å². The van der Waals surface area contributed by atoms with E-state index in [4.69, 9.17) is 34.8 Å². The Kier molecular flexibility index (Phi) is 11.3. The zero-order chi connectivity index (χ0) is 29.4. The monoisotopic (exact) mass is 623 g/mol. The SMILES string of the molecule is CCCCNC(=O)C(C)N(Cc1ccc(Cl)c(Cl)c1)C(=O)CN(c1cccc(Cl)c1)S(=O)(=O)c1ccc(C)cc1. The molecule has 0 aliphatic rings. The molecule has 3 rings (SSSR count). The standard InChI is InChI=1S/C29H32Cl3N3O4S/c1-4-5-15-33-29(37)21(3)34(18-22-11-14-26(31)27(32)16-22)28(36)19-35(24-8-6-7-23(30)17-24)40(38,39)25-12-9-20(2)10-13-25/h6-14,16-17,21H,4-5,15,18-19H2,1-3H3,(H,33,37). The van der Waals surface area contributed by atoms with Crippen molar-refractivity contribution >= 4 is 62.3 Å². The fraction of sp³-hybridized carbons (Fsp3) is 0.310. The van der Waals surface area contributed by atoms with Crippen molar-refractivity contribution in [3.8, 4) is 0 Å². The molecule has 40 heavy (non-hydrogen) atoms. The number of nitrogens with one attached hydrogen (secondary N) is 1. The van der Waals surface area contributed by atoms with Crippen LogP contribution in [0.5, 0.6) is 0 Å². The number of sulfonamides is 1. The molecule has 0 radical (unpaired) electrons. The van der Waals surface area contributed by atoms with Crippen LogP contribution in [0.3, 0.4) is 0 Å². The molecule has 1 N–H and O–H groups in total. The number of aryl methyl sites for hydroxylation is 1. The van der Waals surface area contributed by atoms with Gasteiger partial charge in [0.15, 0.2) is 0 Å². The summed E-state index contributed by atoms with van der Waals surface area (Å²) in [4.78, 5) is 28.3. The molecular formula is C29H32Cl3N3O4S. The van der Waals surface area contributed by atoms with Gasteiger partial charge in [0.2, 0.25) is 11.8 Å². The summed E-state index contributed by atoms with van der Waals surface area (Å²) in [7, 11) is -4.18. The second-order valence-corrected chi connectivity index (χ2v) is 12.5. The Morgan fingerprint density at radius 1 is 0.950 bits per heavy atom. The van der Waals surface area contributed by atoms with Crippen molar-refractivity contribution in [1.29, 1.82) is 0 Å². The summed E-state index contributed by atoms with van der Waals surface area (Å²) in [6.07, 6.45) is 1.68. The molecule has 1 unspecified atom stereocenters. The first-order valence-electron chi connectivity index (χ1n) is 12.8. The molecule has 0 spiro atoms. The van der Waals surface area contributed by atoms with E-state index in [2.05, 4.69) is 5.32 Å². The van der Waals surface area contributed by atoms with Gasteiger partial charge in [-0.25, -0.2) is 8.42 Å². The number of amides is 2. The minimum absolute atomic E-state index is 0.00600. The van der Waals surface area contributed by atoms with Gasteiger partial charge >= 0.3 is 0 Å². The highest BCUT2D eigenvalue weighted by molar-refractivity contribution is 7.92. The summed E-state index contributed by atoms with van der Waals surface area (Å²) >= 11 is 18.5. The minimum atomic E-state index is -4.18. The van der Waals surface area contributed by atoms with Gasteiger partial charge in [-0.3, -0.25) is 13.9 Å². The lowest BCUT2D eigenvalue weighted by atomic mass is 10.1. The summed E-state index contributed by atoms with van der Waals surface area (Å²) in [6, 6.07) is 16.6. The Hall–Kier alpha value is -2.78. The van der Waals surface area contributed by atoms with E-state index < -0.39 is 28.5 Å². The number of anilines is 1. The Morgan fingerprint density at radius 2 is 1.65 bits per heavy atom. The van der Waals surface area contributed by atoms with Gasteiger partial charge in [-0.2, -0.15) is 0 Å². The van der Waals surface area contributed by atoms with Crippen LogP contribution >= 0.6 is 34.8 Å². The Labute approximate surface area is 251 Å². The molecule has 2 amide bonds. The van der Waals surface area contributed by atoms with E-state index in [0.717, 1.165) is 22.7 Å². The van der Waals surface area contributed by atoms with E-state index in [0.29, 0.717) is 27.2 Å². The molecule has 0 fully saturated rings. The van der Waals surface area contributed by atoms with Gasteiger partial charge in [0.1, 0.15) is 12.6 Å². The van der Waals surface area contributed by atoms with E-state index in [9.17, 15) is 18.0 Å². The number of rotatable bonds is 12. The third-order valence-corrected chi connectivity index (χ3v) is 9.08. The van der Waals surface area contributed by atoms with Crippen LogP contribution < -0.4 is 9.62 Å². The average Bonchev–Trinajstić information content (AvgIpc) is 2.92. The quantitative estimate of drug-likeness (QED) is 0.234. The molecule has 3 aromatic rings. The number of carbonyl (C=O) groups excluding carboxylic acids is 2. The van der Waals surface area contributed by atoms with Gasteiger partial charge in [-0.05, 0) is 68.3 Å². The summed E-state index contributed by atoms with van der Waals surface area (Å²) in [5.74, 6) is -0.933. The van der Waals surface area contributed by atoms with Gasteiger partial charge in [-0.1, -0.05) is 78.0 Å². The number of benzene rings is 3. The molecule has 0 saturated carbocycles. The zero-order valence-electron chi connectivity index (χ0n) is 22.5. The fourth-order valence-corrected chi connectivity index (χ4v) is 5.86. The van der Waals surface area contributed by atoms with Crippen LogP contribution in [0.15, 0.2) is 71.6 Å². The van der Waals surface area contributed by atoms with Crippen molar-refractivity contribution in [1.82, 2.24) is 10.2 Å². The first-order valence-corrected chi connectivity index (χ1v) is 15.4. The van der Waals surface area contributed by atoms with E-state index >= 15 is 0 Å². The molecule has 0 heterocycles. The lowest BCUT2D eigenvalue weighted by Gasteiger charge is -2.32. The maximum absolute atomic E-state index is 13.9. The molecule has 3 aromatic carbocycles. The van der Waals surface area contributed by atoms with E-state index in [1.165, 1.54) is 23.1 Å².